The third kappa shape index (κ3) is 4.38. The molecule has 0 fully saturated rings. The van der Waals surface area contributed by atoms with Crippen LogP contribution in [0.5, 0.6) is 5.75 Å². The quantitative estimate of drug-likeness (QED) is 0.875. The summed E-state index contributed by atoms with van der Waals surface area (Å²) >= 11 is 0. The number of carbonyl (C=O) groups is 1. The average molecular weight is 325 g/mol. The number of ether oxygens (including phenoxy) is 1. The summed E-state index contributed by atoms with van der Waals surface area (Å²) in [6.45, 7) is 12.0. The zero-order valence-corrected chi connectivity index (χ0v) is 15.4. The van der Waals surface area contributed by atoms with Crippen LogP contribution in [0, 0.1) is 27.7 Å². The Morgan fingerprint density at radius 2 is 1.58 bits per heavy atom. The molecule has 0 aliphatic rings. The van der Waals surface area contributed by atoms with Crippen molar-refractivity contribution in [3.8, 4) is 5.75 Å². The molecule has 2 aromatic rings. The summed E-state index contributed by atoms with van der Waals surface area (Å²) in [4.78, 5) is 12.4. The fourth-order valence-electron chi connectivity index (χ4n) is 2.68. The van der Waals surface area contributed by atoms with Crippen molar-refractivity contribution in [2.24, 2.45) is 0 Å². The van der Waals surface area contributed by atoms with E-state index < -0.39 is 6.10 Å². The molecule has 3 heteroatoms. The van der Waals surface area contributed by atoms with Crippen molar-refractivity contribution in [2.75, 3.05) is 0 Å². The summed E-state index contributed by atoms with van der Waals surface area (Å²) < 4.78 is 5.79. The summed E-state index contributed by atoms with van der Waals surface area (Å²) in [5.41, 5.74) is 5.88. The van der Waals surface area contributed by atoms with E-state index in [1.165, 1.54) is 16.7 Å². The summed E-state index contributed by atoms with van der Waals surface area (Å²) in [7, 11) is 0. The van der Waals surface area contributed by atoms with E-state index in [9.17, 15) is 4.79 Å². The van der Waals surface area contributed by atoms with Gasteiger partial charge in [-0.1, -0.05) is 29.8 Å². The minimum Gasteiger partial charge on any atom is -0.481 e. The molecule has 0 unspecified atom stereocenters. The van der Waals surface area contributed by atoms with Crippen LogP contribution in [0.4, 0.5) is 0 Å². The number of nitrogens with one attached hydrogen (secondary N) is 1. The van der Waals surface area contributed by atoms with Crippen LogP contribution in [-0.4, -0.2) is 12.0 Å². The SMILES string of the molecule is Cc1ccc(C)c([C@H](C)NC(=O)[C@H](C)Oc2ccc(C)c(C)c2)c1. The summed E-state index contributed by atoms with van der Waals surface area (Å²) in [6, 6.07) is 12.1. The van der Waals surface area contributed by atoms with Gasteiger partial charge in [0.2, 0.25) is 0 Å². The maximum absolute atomic E-state index is 12.4. The van der Waals surface area contributed by atoms with Gasteiger partial charge in [-0.25, -0.2) is 0 Å². The highest BCUT2D eigenvalue weighted by atomic mass is 16.5. The standard InChI is InChI=1S/C21H27NO2/c1-13-7-8-15(3)20(11-13)17(5)22-21(23)18(6)24-19-10-9-14(2)16(4)12-19/h7-12,17-18H,1-6H3,(H,22,23)/t17-,18-/m0/s1. The molecular weight excluding hydrogens is 298 g/mol. The second kappa shape index (κ2) is 7.52. The van der Waals surface area contributed by atoms with E-state index >= 15 is 0 Å². The number of carbonyl (C=O) groups excluding carboxylic acids is 1. The molecule has 128 valence electrons. The third-order valence-electron chi connectivity index (χ3n) is 4.42. The molecular formula is C21H27NO2. The van der Waals surface area contributed by atoms with Crippen LogP contribution in [0.15, 0.2) is 36.4 Å². The van der Waals surface area contributed by atoms with Crippen molar-refractivity contribution in [1.82, 2.24) is 5.32 Å². The van der Waals surface area contributed by atoms with E-state index in [-0.39, 0.29) is 11.9 Å². The van der Waals surface area contributed by atoms with Crippen LogP contribution >= 0.6 is 0 Å². The predicted molar refractivity (Wildman–Crippen MR) is 98.5 cm³/mol. The van der Waals surface area contributed by atoms with Gasteiger partial charge in [-0.15, -0.1) is 0 Å². The largest absolute Gasteiger partial charge is 0.481 e. The van der Waals surface area contributed by atoms with Gasteiger partial charge in [-0.05, 0) is 75.9 Å². The fraction of sp³-hybridized carbons (Fsp3) is 0.381. The highest BCUT2D eigenvalue weighted by molar-refractivity contribution is 5.81. The van der Waals surface area contributed by atoms with Crippen LogP contribution in [0.2, 0.25) is 0 Å². The predicted octanol–water partition coefficient (Wildman–Crippen LogP) is 4.56. The van der Waals surface area contributed by atoms with E-state index in [1.807, 2.05) is 32.0 Å². The molecule has 0 spiro atoms. The number of benzene rings is 2. The molecule has 0 saturated heterocycles. The smallest absolute Gasteiger partial charge is 0.261 e. The van der Waals surface area contributed by atoms with Gasteiger partial charge in [0.05, 0.1) is 6.04 Å². The zero-order chi connectivity index (χ0) is 17.9. The first-order chi connectivity index (χ1) is 11.3. The van der Waals surface area contributed by atoms with Crippen molar-refractivity contribution in [3.05, 3.63) is 64.2 Å². The van der Waals surface area contributed by atoms with Crippen LogP contribution in [0.25, 0.3) is 0 Å². The zero-order valence-electron chi connectivity index (χ0n) is 15.4. The van der Waals surface area contributed by atoms with Crippen LogP contribution < -0.4 is 10.1 Å². The van der Waals surface area contributed by atoms with Crippen molar-refractivity contribution in [3.63, 3.8) is 0 Å². The van der Waals surface area contributed by atoms with Gasteiger partial charge in [0.15, 0.2) is 6.10 Å². The second-order valence-corrected chi connectivity index (χ2v) is 6.60. The number of hydrogen-bond acceptors (Lipinski definition) is 2. The van der Waals surface area contributed by atoms with Crippen LogP contribution in [-0.2, 0) is 4.79 Å². The first kappa shape index (κ1) is 18.1. The van der Waals surface area contributed by atoms with E-state index in [2.05, 4.69) is 44.3 Å². The van der Waals surface area contributed by atoms with Gasteiger partial charge in [-0.2, -0.15) is 0 Å². The summed E-state index contributed by atoms with van der Waals surface area (Å²) in [6.07, 6.45) is -0.542. The average Bonchev–Trinajstić information content (AvgIpc) is 2.53. The lowest BCUT2D eigenvalue weighted by atomic mass is 10.00. The highest BCUT2D eigenvalue weighted by Gasteiger charge is 2.19. The van der Waals surface area contributed by atoms with E-state index in [0.29, 0.717) is 0 Å². The molecule has 2 atom stereocenters. The second-order valence-electron chi connectivity index (χ2n) is 6.60. The van der Waals surface area contributed by atoms with Gasteiger partial charge in [-0.3, -0.25) is 4.79 Å². The van der Waals surface area contributed by atoms with Gasteiger partial charge >= 0.3 is 0 Å². The van der Waals surface area contributed by atoms with Gasteiger partial charge in [0.25, 0.3) is 5.91 Å². The molecule has 0 heterocycles. The minimum absolute atomic E-state index is 0.0526. The lowest BCUT2D eigenvalue weighted by molar-refractivity contribution is -0.127. The Balaban J connectivity index is 2.02. The molecule has 3 nitrogen and oxygen atoms in total. The highest BCUT2D eigenvalue weighted by Crippen LogP contribution is 2.20. The molecule has 0 bridgehead atoms. The number of hydrogen-bond donors (Lipinski definition) is 1. The van der Waals surface area contributed by atoms with Gasteiger partial charge in [0, 0.05) is 0 Å². The molecule has 0 aliphatic heterocycles. The number of rotatable bonds is 5. The molecule has 1 N–H and O–H groups in total. The molecule has 0 aliphatic carbocycles. The Kier molecular flexibility index (Phi) is 5.66. The van der Waals surface area contributed by atoms with Gasteiger partial charge < -0.3 is 10.1 Å². The van der Waals surface area contributed by atoms with Crippen LogP contribution in [0.1, 0.15) is 47.7 Å². The van der Waals surface area contributed by atoms with E-state index in [4.69, 9.17) is 4.74 Å². The molecule has 0 saturated carbocycles. The minimum atomic E-state index is -0.542. The first-order valence-electron chi connectivity index (χ1n) is 8.39. The Labute approximate surface area is 145 Å². The Morgan fingerprint density at radius 1 is 0.917 bits per heavy atom. The molecule has 2 aromatic carbocycles. The fourth-order valence-corrected chi connectivity index (χ4v) is 2.68. The first-order valence-corrected chi connectivity index (χ1v) is 8.39. The summed E-state index contributed by atoms with van der Waals surface area (Å²) in [5, 5.41) is 3.05. The number of amides is 1. The normalized spacial score (nSPS) is 13.2. The van der Waals surface area contributed by atoms with Crippen molar-refractivity contribution < 1.29 is 9.53 Å². The molecule has 2 rings (SSSR count). The Morgan fingerprint density at radius 3 is 2.25 bits per heavy atom. The lowest BCUT2D eigenvalue weighted by Crippen LogP contribution is -2.38. The maximum Gasteiger partial charge on any atom is 0.261 e. The number of aryl methyl sites for hydroxylation is 4. The monoisotopic (exact) mass is 325 g/mol. The molecule has 0 aromatic heterocycles. The van der Waals surface area contributed by atoms with Gasteiger partial charge in [0.1, 0.15) is 5.75 Å². The molecule has 24 heavy (non-hydrogen) atoms. The third-order valence-corrected chi connectivity index (χ3v) is 4.42. The van der Waals surface area contributed by atoms with E-state index in [0.717, 1.165) is 16.9 Å². The Hall–Kier alpha value is -2.29. The molecule has 0 radical (unpaired) electrons. The van der Waals surface area contributed by atoms with Crippen molar-refractivity contribution in [2.45, 2.75) is 53.7 Å². The topological polar surface area (TPSA) is 38.3 Å². The Bertz CT molecular complexity index is 737. The van der Waals surface area contributed by atoms with Crippen molar-refractivity contribution in [1.29, 1.82) is 0 Å². The summed E-state index contributed by atoms with van der Waals surface area (Å²) in [5.74, 6) is 0.613. The van der Waals surface area contributed by atoms with E-state index in [1.54, 1.807) is 6.92 Å². The maximum atomic E-state index is 12.4. The van der Waals surface area contributed by atoms with Crippen molar-refractivity contribution >= 4 is 5.91 Å². The lowest BCUT2D eigenvalue weighted by Gasteiger charge is -2.21. The molecule has 1 amide bonds. The van der Waals surface area contributed by atoms with Crippen LogP contribution in [0.3, 0.4) is 0 Å².